The van der Waals surface area contributed by atoms with E-state index in [0.717, 1.165) is 5.56 Å². The average molecular weight is 275 g/mol. The van der Waals surface area contributed by atoms with Crippen molar-refractivity contribution >= 4 is 11.6 Å². The highest BCUT2D eigenvalue weighted by Gasteiger charge is 2.14. The summed E-state index contributed by atoms with van der Waals surface area (Å²) in [5.74, 6) is -0.369. The van der Waals surface area contributed by atoms with Crippen LogP contribution in [-0.4, -0.2) is 32.6 Å². The Labute approximate surface area is 116 Å². The topological polar surface area (TPSA) is 106 Å². The van der Waals surface area contributed by atoms with Crippen molar-refractivity contribution in [2.24, 2.45) is 5.73 Å². The van der Waals surface area contributed by atoms with Gasteiger partial charge in [0, 0.05) is 6.54 Å². The lowest BCUT2D eigenvalue weighted by Gasteiger charge is -2.09. The summed E-state index contributed by atoms with van der Waals surface area (Å²) in [5, 5.41) is 20.1. The van der Waals surface area contributed by atoms with E-state index in [9.17, 15) is 9.90 Å². The first-order valence-electron chi connectivity index (χ1n) is 6.23. The average Bonchev–Trinajstić information content (AvgIpc) is 2.84. The number of anilines is 1. The fourth-order valence-electron chi connectivity index (χ4n) is 1.89. The van der Waals surface area contributed by atoms with E-state index in [1.807, 2.05) is 13.0 Å². The molecule has 2 aromatic rings. The van der Waals surface area contributed by atoms with Gasteiger partial charge in [-0.3, -0.25) is 9.48 Å². The zero-order valence-electron chi connectivity index (χ0n) is 11.4. The second-order valence-corrected chi connectivity index (χ2v) is 4.59. The molecule has 1 heterocycles. The number of phenols is 1. The van der Waals surface area contributed by atoms with Gasteiger partial charge in [0.1, 0.15) is 5.75 Å². The predicted molar refractivity (Wildman–Crippen MR) is 74.6 cm³/mol. The maximum absolute atomic E-state index is 12.0. The smallest absolute Gasteiger partial charge is 0.277 e. The highest BCUT2D eigenvalue weighted by atomic mass is 16.3. The number of carbonyl (C=O) groups excluding carboxylic acids is 1. The van der Waals surface area contributed by atoms with Gasteiger partial charge in [-0.05, 0) is 31.0 Å². The summed E-state index contributed by atoms with van der Waals surface area (Å²) >= 11 is 0. The first kappa shape index (κ1) is 14.0. The van der Waals surface area contributed by atoms with Gasteiger partial charge in [0.2, 0.25) is 0 Å². The van der Waals surface area contributed by atoms with Crippen molar-refractivity contribution in [2.75, 3.05) is 11.9 Å². The van der Waals surface area contributed by atoms with Crippen LogP contribution in [0.15, 0.2) is 18.3 Å². The first-order valence-corrected chi connectivity index (χ1v) is 6.23. The molecule has 20 heavy (non-hydrogen) atoms. The van der Waals surface area contributed by atoms with Crippen LogP contribution in [0.2, 0.25) is 0 Å². The number of hydrogen-bond acceptors (Lipinski definition) is 5. The minimum atomic E-state index is -0.423. The highest BCUT2D eigenvalue weighted by Crippen LogP contribution is 2.28. The van der Waals surface area contributed by atoms with Crippen molar-refractivity contribution in [3.63, 3.8) is 0 Å². The Morgan fingerprint density at radius 2 is 2.20 bits per heavy atom. The van der Waals surface area contributed by atoms with E-state index < -0.39 is 5.91 Å². The summed E-state index contributed by atoms with van der Waals surface area (Å²) in [5.41, 5.74) is 7.59. The van der Waals surface area contributed by atoms with Crippen molar-refractivity contribution in [1.29, 1.82) is 0 Å². The molecule has 106 valence electrons. The first-order chi connectivity index (χ1) is 9.51. The lowest BCUT2D eigenvalue weighted by Crippen LogP contribution is -2.13. The van der Waals surface area contributed by atoms with Gasteiger partial charge in [0.15, 0.2) is 5.69 Å². The van der Waals surface area contributed by atoms with Crippen LogP contribution in [0.25, 0.3) is 0 Å². The van der Waals surface area contributed by atoms with Crippen molar-refractivity contribution in [1.82, 2.24) is 15.0 Å². The normalized spacial score (nSPS) is 10.6. The van der Waals surface area contributed by atoms with Crippen LogP contribution in [0.1, 0.15) is 21.6 Å². The molecular formula is C13H17N5O2. The van der Waals surface area contributed by atoms with Gasteiger partial charge in [0.05, 0.1) is 18.4 Å². The summed E-state index contributed by atoms with van der Waals surface area (Å²) in [6, 6.07) is 3.53. The number of benzene rings is 1. The Kier molecular flexibility index (Phi) is 3.99. The molecule has 0 fully saturated rings. The van der Waals surface area contributed by atoms with Gasteiger partial charge in [-0.1, -0.05) is 11.3 Å². The summed E-state index contributed by atoms with van der Waals surface area (Å²) < 4.78 is 1.50. The number of hydrogen-bond donors (Lipinski definition) is 3. The number of carbonyl (C=O) groups is 1. The Morgan fingerprint density at radius 1 is 1.45 bits per heavy atom. The maximum Gasteiger partial charge on any atom is 0.277 e. The van der Waals surface area contributed by atoms with E-state index in [4.69, 9.17) is 5.73 Å². The molecule has 1 amide bonds. The van der Waals surface area contributed by atoms with Crippen molar-refractivity contribution in [2.45, 2.75) is 20.4 Å². The second-order valence-electron chi connectivity index (χ2n) is 4.59. The molecule has 0 bridgehead atoms. The highest BCUT2D eigenvalue weighted by molar-refractivity contribution is 6.03. The number of nitrogens with one attached hydrogen (secondary N) is 1. The van der Waals surface area contributed by atoms with E-state index in [1.54, 1.807) is 13.0 Å². The van der Waals surface area contributed by atoms with Gasteiger partial charge in [-0.2, -0.15) is 0 Å². The molecule has 0 saturated carbocycles. The van der Waals surface area contributed by atoms with Crippen molar-refractivity contribution < 1.29 is 9.90 Å². The number of aryl methyl sites for hydroxylation is 2. The Hall–Kier alpha value is -2.41. The van der Waals surface area contributed by atoms with Gasteiger partial charge in [-0.25, -0.2) is 0 Å². The molecule has 0 unspecified atom stereocenters. The van der Waals surface area contributed by atoms with Gasteiger partial charge < -0.3 is 16.2 Å². The van der Waals surface area contributed by atoms with E-state index in [2.05, 4.69) is 15.6 Å². The van der Waals surface area contributed by atoms with Crippen LogP contribution in [0.5, 0.6) is 5.75 Å². The third-order valence-corrected chi connectivity index (χ3v) is 2.82. The molecule has 0 saturated heterocycles. The molecule has 0 radical (unpaired) electrons. The summed E-state index contributed by atoms with van der Waals surface area (Å²) in [6.45, 7) is 4.58. The Bertz CT molecular complexity index is 636. The lowest BCUT2D eigenvalue weighted by molar-refractivity contribution is 0.102. The molecule has 0 aliphatic carbocycles. The van der Waals surface area contributed by atoms with Crippen molar-refractivity contribution in [3.05, 3.63) is 35.2 Å². The Morgan fingerprint density at radius 3 is 2.90 bits per heavy atom. The number of aromatic hydroxyl groups is 1. The molecule has 7 heteroatoms. The molecule has 1 aromatic heterocycles. The Balaban J connectivity index is 2.18. The molecule has 0 aliphatic rings. The van der Waals surface area contributed by atoms with Crippen molar-refractivity contribution in [3.8, 4) is 5.75 Å². The minimum Gasteiger partial charge on any atom is -0.505 e. The largest absolute Gasteiger partial charge is 0.505 e. The minimum absolute atomic E-state index is 0.0540. The lowest BCUT2D eigenvalue weighted by atomic mass is 10.1. The predicted octanol–water partition coefficient (Wildman–Crippen LogP) is 0.812. The SMILES string of the molecule is Cc1cc(C)c(O)c(NC(=O)c2cn(CCN)nn2)c1. The number of amides is 1. The van der Waals surface area contributed by atoms with E-state index in [0.29, 0.717) is 24.3 Å². The van der Waals surface area contributed by atoms with E-state index in [1.165, 1.54) is 10.9 Å². The van der Waals surface area contributed by atoms with Crippen LogP contribution >= 0.6 is 0 Å². The van der Waals surface area contributed by atoms with Crippen LogP contribution in [-0.2, 0) is 6.54 Å². The second kappa shape index (κ2) is 5.70. The van der Waals surface area contributed by atoms with Crippen LogP contribution in [0, 0.1) is 13.8 Å². The van der Waals surface area contributed by atoms with Crippen LogP contribution in [0.4, 0.5) is 5.69 Å². The fraction of sp³-hybridized carbons (Fsp3) is 0.308. The zero-order chi connectivity index (χ0) is 14.7. The monoisotopic (exact) mass is 275 g/mol. The third-order valence-electron chi connectivity index (χ3n) is 2.82. The van der Waals surface area contributed by atoms with Crippen LogP contribution in [0.3, 0.4) is 0 Å². The molecule has 0 atom stereocenters. The number of rotatable bonds is 4. The number of nitrogens with zero attached hydrogens (tertiary/aromatic N) is 3. The molecule has 7 nitrogen and oxygen atoms in total. The summed E-state index contributed by atoms with van der Waals surface area (Å²) in [6.07, 6.45) is 1.52. The molecule has 4 N–H and O–H groups in total. The third kappa shape index (κ3) is 2.94. The summed E-state index contributed by atoms with van der Waals surface area (Å²) in [4.78, 5) is 12.0. The maximum atomic E-state index is 12.0. The number of aromatic nitrogens is 3. The fourth-order valence-corrected chi connectivity index (χ4v) is 1.89. The molecule has 2 rings (SSSR count). The molecular weight excluding hydrogens is 258 g/mol. The standard InChI is InChI=1S/C13H17N5O2/c1-8-5-9(2)12(19)10(6-8)15-13(20)11-7-18(4-3-14)17-16-11/h5-7,19H,3-4,14H2,1-2H3,(H,15,20). The zero-order valence-corrected chi connectivity index (χ0v) is 11.4. The quantitative estimate of drug-likeness (QED) is 0.716. The number of phenolic OH excluding ortho intramolecular Hbond substituents is 1. The number of nitrogens with two attached hydrogens (primary N) is 1. The van der Waals surface area contributed by atoms with Gasteiger partial charge >= 0.3 is 0 Å². The van der Waals surface area contributed by atoms with E-state index >= 15 is 0 Å². The van der Waals surface area contributed by atoms with Gasteiger partial charge in [0.25, 0.3) is 5.91 Å². The summed E-state index contributed by atoms with van der Waals surface area (Å²) in [7, 11) is 0. The van der Waals surface area contributed by atoms with Crippen LogP contribution < -0.4 is 11.1 Å². The molecule has 1 aromatic carbocycles. The van der Waals surface area contributed by atoms with E-state index in [-0.39, 0.29) is 11.4 Å². The molecule has 0 aliphatic heterocycles. The van der Waals surface area contributed by atoms with Gasteiger partial charge in [-0.15, -0.1) is 5.10 Å². The molecule has 0 spiro atoms.